The third-order valence-corrected chi connectivity index (χ3v) is 3.77. The molecule has 1 aliphatic rings. The monoisotopic (exact) mass is 289 g/mol. The van der Waals surface area contributed by atoms with Crippen LogP contribution in [0.5, 0.6) is 0 Å². The van der Waals surface area contributed by atoms with Gasteiger partial charge in [-0.05, 0) is 37.8 Å². The summed E-state index contributed by atoms with van der Waals surface area (Å²) in [5.74, 6) is 0.574. The Morgan fingerprint density at radius 2 is 1.90 bits per heavy atom. The van der Waals surface area contributed by atoms with Crippen LogP contribution >= 0.6 is 0 Å². The average Bonchev–Trinajstić information content (AvgIpc) is 2.99. The van der Waals surface area contributed by atoms with Crippen molar-refractivity contribution in [2.75, 3.05) is 5.32 Å². The molecule has 0 saturated heterocycles. The molecule has 112 valence electrons. The number of amides is 2. The molecule has 1 saturated carbocycles. The Balaban J connectivity index is 1.86. The van der Waals surface area contributed by atoms with Crippen molar-refractivity contribution in [3.63, 3.8) is 0 Å². The van der Waals surface area contributed by atoms with Gasteiger partial charge in [0.1, 0.15) is 0 Å². The van der Waals surface area contributed by atoms with E-state index in [4.69, 9.17) is 0 Å². The van der Waals surface area contributed by atoms with Gasteiger partial charge in [0, 0.05) is 24.0 Å². The smallest absolute Gasteiger partial charge is 0.314 e. The van der Waals surface area contributed by atoms with Crippen LogP contribution in [0, 0.1) is 16.0 Å². The van der Waals surface area contributed by atoms with Gasteiger partial charge in [0.05, 0.1) is 4.92 Å². The van der Waals surface area contributed by atoms with Gasteiger partial charge in [-0.15, -0.1) is 0 Å². The lowest BCUT2D eigenvalue weighted by molar-refractivity contribution is -0.384. The van der Waals surface area contributed by atoms with E-state index in [1.807, 2.05) is 6.92 Å². The molecule has 2 N–H and O–H groups in total. The van der Waals surface area contributed by atoms with Crippen LogP contribution in [0.3, 0.4) is 0 Å². The molecule has 1 aromatic carbocycles. The van der Waals surface area contributed by atoms with Crippen molar-refractivity contribution in [2.45, 2.75) is 32.6 Å². The topological polar surface area (TPSA) is 84.3 Å². The second-order valence-electron chi connectivity index (χ2n) is 5.27. The first-order chi connectivity index (χ1) is 10.1. The van der Waals surface area contributed by atoms with Crippen molar-refractivity contribution in [1.82, 2.24) is 5.32 Å². The fourth-order valence-corrected chi connectivity index (χ4v) is 2.51. The van der Waals surface area contributed by atoms with Gasteiger partial charge in [0.15, 0.2) is 0 Å². The Morgan fingerprint density at radius 1 is 1.29 bits per heavy atom. The number of carbonyl (C=O) groups is 1. The van der Waals surface area contributed by atoms with Gasteiger partial charge in [-0.2, -0.15) is 0 Å². The number of allylic oxidation sites excluding steroid dienone is 1. The highest BCUT2D eigenvalue weighted by Gasteiger charge is 2.16. The van der Waals surface area contributed by atoms with Crippen LogP contribution in [0.2, 0.25) is 0 Å². The lowest BCUT2D eigenvalue weighted by atomic mass is 10.0. The van der Waals surface area contributed by atoms with Crippen LogP contribution < -0.4 is 10.6 Å². The van der Waals surface area contributed by atoms with E-state index in [1.165, 1.54) is 55.5 Å². The van der Waals surface area contributed by atoms with Crippen molar-refractivity contribution in [3.05, 3.63) is 46.2 Å². The third-order valence-electron chi connectivity index (χ3n) is 3.77. The number of anilines is 1. The summed E-state index contributed by atoms with van der Waals surface area (Å²) in [5, 5.41) is 15.9. The molecule has 1 aromatic rings. The number of nitro benzene ring substituents is 1. The highest BCUT2D eigenvalue weighted by atomic mass is 16.6. The van der Waals surface area contributed by atoms with E-state index in [9.17, 15) is 14.9 Å². The molecule has 1 aliphatic carbocycles. The molecule has 6 nitrogen and oxygen atoms in total. The minimum absolute atomic E-state index is 0.00191. The molecule has 21 heavy (non-hydrogen) atoms. The highest BCUT2D eigenvalue weighted by molar-refractivity contribution is 5.90. The lowest BCUT2D eigenvalue weighted by Crippen LogP contribution is -2.24. The number of rotatable bonds is 4. The highest BCUT2D eigenvalue weighted by Crippen LogP contribution is 2.30. The SMILES string of the molecule is C/C(=C\NC(=O)Nc1ccc([N+](=O)[O-])cc1)C1CCCC1. The van der Waals surface area contributed by atoms with Crippen LogP contribution in [0.1, 0.15) is 32.6 Å². The normalized spacial score (nSPS) is 15.8. The van der Waals surface area contributed by atoms with E-state index in [-0.39, 0.29) is 11.7 Å². The number of hydrogen-bond acceptors (Lipinski definition) is 3. The molecular weight excluding hydrogens is 270 g/mol. The van der Waals surface area contributed by atoms with Crippen molar-refractivity contribution in [3.8, 4) is 0 Å². The quantitative estimate of drug-likeness (QED) is 0.653. The summed E-state index contributed by atoms with van der Waals surface area (Å²) in [5.41, 5.74) is 1.70. The summed E-state index contributed by atoms with van der Waals surface area (Å²) < 4.78 is 0. The Morgan fingerprint density at radius 3 is 2.48 bits per heavy atom. The van der Waals surface area contributed by atoms with Crippen LogP contribution in [0.4, 0.5) is 16.2 Å². The van der Waals surface area contributed by atoms with E-state index >= 15 is 0 Å². The first kappa shape index (κ1) is 15.0. The molecule has 0 spiro atoms. The second-order valence-corrected chi connectivity index (χ2v) is 5.27. The molecule has 0 heterocycles. The van der Waals surface area contributed by atoms with Crippen LogP contribution in [0.25, 0.3) is 0 Å². The number of nitrogens with one attached hydrogen (secondary N) is 2. The Kier molecular flexibility index (Phi) is 4.92. The number of carbonyl (C=O) groups excluding carboxylic acids is 1. The van der Waals surface area contributed by atoms with Gasteiger partial charge in [0.2, 0.25) is 0 Å². The zero-order valence-electron chi connectivity index (χ0n) is 12.0. The van der Waals surface area contributed by atoms with E-state index in [0.717, 1.165) is 0 Å². The number of hydrogen-bond donors (Lipinski definition) is 2. The molecule has 0 atom stereocenters. The molecule has 2 rings (SSSR count). The third kappa shape index (κ3) is 4.30. The Labute approximate surface area is 123 Å². The fraction of sp³-hybridized carbons (Fsp3) is 0.400. The number of urea groups is 1. The van der Waals surface area contributed by atoms with Gasteiger partial charge in [-0.1, -0.05) is 18.4 Å². The predicted molar refractivity (Wildman–Crippen MR) is 81.0 cm³/mol. The van der Waals surface area contributed by atoms with E-state index < -0.39 is 4.92 Å². The number of benzene rings is 1. The maximum Gasteiger partial charge on any atom is 0.323 e. The van der Waals surface area contributed by atoms with E-state index in [0.29, 0.717) is 11.6 Å². The van der Waals surface area contributed by atoms with Crippen molar-refractivity contribution in [1.29, 1.82) is 0 Å². The fourth-order valence-electron chi connectivity index (χ4n) is 2.51. The molecule has 1 fully saturated rings. The molecule has 2 amide bonds. The summed E-state index contributed by atoms with van der Waals surface area (Å²) in [7, 11) is 0. The maximum atomic E-state index is 11.7. The largest absolute Gasteiger partial charge is 0.323 e. The molecular formula is C15H19N3O3. The van der Waals surface area contributed by atoms with Gasteiger partial charge >= 0.3 is 6.03 Å². The predicted octanol–water partition coefficient (Wildman–Crippen LogP) is 3.81. The lowest BCUT2D eigenvalue weighted by Gasteiger charge is -2.10. The average molecular weight is 289 g/mol. The molecule has 0 radical (unpaired) electrons. The zero-order valence-corrected chi connectivity index (χ0v) is 12.0. The standard InChI is InChI=1S/C15H19N3O3/c1-11(12-4-2-3-5-12)10-16-15(19)17-13-6-8-14(9-7-13)18(20)21/h6-10,12H,2-5H2,1H3,(H2,16,17,19)/b11-10+. The van der Waals surface area contributed by atoms with Gasteiger partial charge in [-0.3, -0.25) is 10.1 Å². The van der Waals surface area contributed by atoms with Crippen LogP contribution in [0.15, 0.2) is 36.0 Å². The zero-order chi connectivity index (χ0) is 15.2. The van der Waals surface area contributed by atoms with E-state index in [2.05, 4.69) is 10.6 Å². The van der Waals surface area contributed by atoms with Crippen molar-refractivity contribution < 1.29 is 9.72 Å². The Bertz CT molecular complexity index is 546. The molecule has 0 aliphatic heterocycles. The summed E-state index contributed by atoms with van der Waals surface area (Å²) in [6.45, 7) is 2.03. The molecule has 0 aromatic heterocycles. The summed E-state index contributed by atoms with van der Waals surface area (Å²) in [4.78, 5) is 21.8. The minimum atomic E-state index is -0.475. The van der Waals surface area contributed by atoms with Crippen LogP contribution in [-0.4, -0.2) is 11.0 Å². The van der Waals surface area contributed by atoms with Crippen molar-refractivity contribution >= 4 is 17.4 Å². The first-order valence-corrected chi connectivity index (χ1v) is 7.05. The summed E-state index contributed by atoms with van der Waals surface area (Å²) in [6.07, 6.45) is 6.63. The number of non-ortho nitro benzene ring substituents is 1. The first-order valence-electron chi connectivity index (χ1n) is 7.05. The maximum absolute atomic E-state index is 11.7. The Hall–Kier alpha value is -2.37. The summed E-state index contributed by atoms with van der Waals surface area (Å²) in [6, 6.07) is 5.38. The van der Waals surface area contributed by atoms with Crippen molar-refractivity contribution in [2.24, 2.45) is 5.92 Å². The van der Waals surface area contributed by atoms with Crippen LogP contribution in [-0.2, 0) is 0 Å². The second kappa shape index (κ2) is 6.88. The summed E-state index contributed by atoms with van der Waals surface area (Å²) >= 11 is 0. The number of nitro groups is 1. The molecule has 0 bridgehead atoms. The van der Waals surface area contributed by atoms with Gasteiger partial charge in [0.25, 0.3) is 5.69 Å². The molecule has 6 heteroatoms. The van der Waals surface area contributed by atoms with E-state index in [1.54, 1.807) is 6.20 Å². The number of nitrogens with zero attached hydrogens (tertiary/aromatic N) is 1. The van der Waals surface area contributed by atoms with Gasteiger partial charge < -0.3 is 10.6 Å². The van der Waals surface area contributed by atoms with Gasteiger partial charge in [-0.25, -0.2) is 4.79 Å². The molecule has 0 unspecified atom stereocenters. The minimum Gasteiger partial charge on any atom is -0.314 e.